The van der Waals surface area contributed by atoms with E-state index in [9.17, 15) is 16.8 Å². The Morgan fingerprint density at radius 1 is 1.07 bits per heavy atom. The largest absolute Gasteiger partial charge is 0.493 e. The first-order chi connectivity index (χ1) is 19.5. The van der Waals surface area contributed by atoms with Gasteiger partial charge in [-0.1, -0.05) is 35.9 Å². The number of likely N-dealkylation sites (tertiary alicyclic amines) is 1. The second-order valence-corrected chi connectivity index (χ2v) is 15.7. The summed E-state index contributed by atoms with van der Waals surface area (Å²) in [4.78, 5) is 2.20. The lowest BCUT2D eigenvalue weighted by Gasteiger charge is -2.72. The van der Waals surface area contributed by atoms with E-state index in [1.165, 1.54) is 19.2 Å². The summed E-state index contributed by atoms with van der Waals surface area (Å²) in [5.74, 6) is 0.155. The molecule has 9 rings (SSSR count). The summed E-state index contributed by atoms with van der Waals surface area (Å²) in [6, 6.07) is 10.1. The smallest absolute Gasteiger partial charge is 0.338 e. The van der Waals surface area contributed by atoms with Crippen LogP contribution in [0.5, 0.6) is 11.5 Å². The fraction of sp³-hybridized carbons (Fsp3) is 0.467. The monoisotopic (exact) mass is 597 g/mol. The van der Waals surface area contributed by atoms with Gasteiger partial charge in [0.2, 0.25) is 0 Å². The van der Waals surface area contributed by atoms with Crippen LogP contribution in [0.3, 0.4) is 0 Å². The van der Waals surface area contributed by atoms with Gasteiger partial charge in [-0.15, -0.1) is 0 Å². The second kappa shape index (κ2) is 7.75. The van der Waals surface area contributed by atoms with Crippen molar-refractivity contribution in [2.45, 2.75) is 53.1 Å². The number of sulfone groups is 1. The molecule has 41 heavy (non-hydrogen) atoms. The fourth-order valence-corrected chi connectivity index (χ4v) is 12.7. The predicted molar refractivity (Wildman–Crippen MR) is 149 cm³/mol. The van der Waals surface area contributed by atoms with Crippen LogP contribution in [0.1, 0.15) is 23.1 Å². The van der Waals surface area contributed by atoms with Crippen LogP contribution >= 0.6 is 0 Å². The molecule has 3 aliphatic heterocycles. The summed E-state index contributed by atoms with van der Waals surface area (Å²) in [6.07, 6.45) is 4.64. The minimum atomic E-state index is -4.33. The van der Waals surface area contributed by atoms with E-state index in [0.717, 1.165) is 28.6 Å². The average molecular weight is 598 g/mol. The molecule has 2 aromatic rings. The molecule has 3 heterocycles. The van der Waals surface area contributed by atoms with Crippen molar-refractivity contribution in [3.05, 3.63) is 76.4 Å². The first-order valence-corrected chi connectivity index (χ1v) is 16.8. The third kappa shape index (κ3) is 2.75. The summed E-state index contributed by atoms with van der Waals surface area (Å²) in [5.41, 5.74) is 0.103. The zero-order chi connectivity index (χ0) is 28.7. The van der Waals surface area contributed by atoms with Crippen molar-refractivity contribution < 1.29 is 35.2 Å². The molecule has 1 saturated heterocycles. The summed E-state index contributed by atoms with van der Waals surface area (Å²) in [7, 11) is -3.16. The van der Waals surface area contributed by atoms with Crippen molar-refractivity contribution in [2.75, 3.05) is 27.8 Å². The lowest BCUT2D eigenvalue weighted by Crippen LogP contribution is -2.83. The quantitative estimate of drug-likeness (QED) is 0.380. The van der Waals surface area contributed by atoms with Crippen LogP contribution in [-0.4, -0.2) is 72.5 Å². The van der Waals surface area contributed by atoms with Gasteiger partial charge in [0.25, 0.3) is 0 Å². The van der Waals surface area contributed by atoms with Gasteiger partial charge >= 0.3 is 10.1 Å². The van der Waals surface area contributed by atoms with Gasteiger partial charge in [0.05, 0.1) is 29.1 Å². The molecule has 0 aromatic heterocycles. The molecule has 2 fully saturated rings. The van der Waals surface area contributed by atoms with Gasteiger partial charge in [-0.3, -0.25) is 0 Å². The minimum absolute atomic E-state index is 0.0457. The minimum Gasteiger partial charge on any atom is -0.493 e. The van der Waals surface area contributed by atoms with Crippen molar-refractivity contribution in [1.82, 2.24) is 4.90 Å². The van der Waals surface area contributed by atoms with E-state index in [1.54, 1.807) is 19.2 Å². The van der Waals surface area contributed by atoms with Gasteiger partial charge in [0.15, 0.2) is 21.3 Å². The summed E-state index contributed by atoms with van der Waals surface area (Å²) in [6.45, 7) is 2.61. The second-order valence-electron chi connectivity index (χ2n) is 12.2. The number of hydrogen-bond donors (Lipinski definition) is 0. The van der Waals surface area contributed by atoms with Crippen LogP contribution < -0.4 is 9.47 Å². The molecule has 7 aliphatic rings. The number of ether oxygens (including phenoxy) is 3. The van der Waals surface area contributed by atoms with E-state index in [-0.39, 0.29) is 16.7 Å². The Morgan fingerprint density at radius 3 is 2.54 bits per heavy atom. The van der Waals surface area contributed by atoms with Crippen LogP contribution in [0, 0.1) is 18.3 Å². The predicted octanol–water partition coefficient (Wildman–Crippen LogP) is 2.88. The van der Waals surface area contributed by atoms with Gasteiger partial charge in [-0.05, 0) is 57.1 Å². The van der Waals surface area contributed by atoms with Gasteiger partial charge < -0.3 is 23.3 Å². The normalized spacial score (nSPS) is 38.6. The van der Waals surface area contributed by atoms with Crippen molar-refractivity contribution >= 4 is 20.0 Å². The highest BCUT2D eigenvalue weighted by molar-refractivity contribution is 7.95. The number of methoxy groups -OCH3 is 2. The number of likely N-dealkylation sites (N-methyl/N-ethyl adjacent to an activating group) is 1. The molecule has 2 aromatic carbocycles. The molecule has 4 bridgehead atoms. The first kappa shape index (κ1) is 25.8. The Balaban J connectivity index is 1.37. The number of piperidine rings is 1. The van der Waals surface area contributed by atoms with E-state index in [1.807, 2.05) is 26.1 Å². The summed E-state index contributed by atoms with van der Waals surface area (Å²) >= 11 is 0. The highest BCUT2D eigenvalue weighted by atomic mass is 32.2. The number of rotatable bonds is 5. The Hall–Kier alpha value is -2.86. The molecule has 11 heteroatoms. The van der Waals surface area contributed by atoms with Crippen molar-refractivity contribution in [3.8, 4) is 11.5 Å². The Kier molecular flexibility index (Phi) is 4.88. The Morgan fingerprint density at radius 2 is 1.83 bits per heavy atom. The molecule has 1 saturated carbocycles. The Bertz CT molecular complexity index is 1800. The topological polar surface area (TPSA) is 108 Å². The zero-order valence-corrected chi connectivity index (χ0v) is 24.8. The Labute approximate surface area is 239 Å². The SMILES string of the molecule is COc1ccc2c3c1O[C@H]1[C@]4(OC)C=C[C@@]5([C@H](C2)N(C)CC[C@]315)[C@@H]1[C@@H]4C(OS(=O)(=O)c2ccc(C)cc2)=CS1(=O)=O. The lowest BCUT2D eigenvalue weighted by molar-refractivity contribution is -0.206. The van der Waals surface area contributed by atoms with Gasteiger partial charge in [-0.25, -0.2) is 8.42 Å². The molecule has 4 aliphatic carbocycles. The molecule has 0 unspecified atom stereocenters. The molecule has 0 amide bonds. The van der Waals surface area contributed by atoms with Gasteiger partial charge in [0.1, 0.15) is 22.4 Å². The number of benzene rings is 2. The van der Waals surface area contributed by atoms with Crippen LogP contribution in [0.4, 0.5) is 0 Å². The maximum Gasteiger partial charge on any atom is 0.338 e. The van der Waals surface area contributed by atoms with Crippen LogP contribution in [0.2, 0.25) is 0 Å². The zero-order valence-electron chi connectivity index (χ0n) is 23.2. The summed E-state index contributed by atoms with van der Waals surface area (Å²) in [5, 5.41) is 0.0347. The summed E-state index contributed by atoms with van der Waals surface area (Å²) < 4.78 is 80.4. The lowest BCUT2D eigenvalue weighted by atomic mass is 9.37. The van der Waals surface area contributed by atoms with Crippen molar-refractivity contribution in [3.63, 3.8) is 0 Å². The first-order valence-electron chi connectivity index (χ1n) is 13.8. The molecule has 2 spiro atoms. The van der Waals surface area contributed by atoms with E-state index < -0.39 is 53.7 Å². The highest BCUT2D eigenvalue weighted by Gasteiger charge is 2.85. The van der Waals surface area contributed by atoms with E-state index in [4.69, 9.17) is 18.4 Å². The molecule has 0 N–H and O–H groups in total. The fourth-order valence-electron chi connectivity index (χ4n) is 9.32. The third-order valence-corrected chi connectivity index (χ3v) is 14.0. The van der Waals surface area contributed by atoms with Gasteiger partial charge in [-0.2, -0.15) is 8.42 Å². The molecule has 7 atom stereocenters. The maximum absolute atomic E-state index is 14.3. The highest BCUT2D eigenvalue weighted by Crippen LogP contribution is 2.77. The third-order valence-electron chi connectivity index (χ3n) is 10.8. The van der Waals surface area contributed by atoms with E-state index >= 15 is 0 Å². The molecule has 9 nitrogen and oxygen atoms in total. The standard InChI is InChI=1S/C30H31NO8S2/c1-17-5-8-19(9-6-17)41(34,35)39-21-16-40(32,33)26-24(21)30(37-4)12-11-28(26)22-15-18-7-10-20(36-3)25-23(18)29(28,27(30)38-25)13-14-31(22)2/h5-12,16,22,24,26-27H,13-15H2,1-4H3/t22-,24-,26-,27+,28+,29-,30-/m0/s1. The molecular formula is C30H31NO8S2. The van der Waals surface area contributed by atoms with Crippen LogP contribution in [0.15, 0.2) is 64.6 Å². The maximum atomic E-state index is 14.3. The van der Waals surface area contributed by atoms with Gasteiger partial charge in [0, 0.05) is 24.1 Å². The van der Waals surface area contributed by atoms with E-state index in [2.05, 4.69) is 17.0 Å². The molecule has 0 radical (unpaired) electrons. The van der Waals surface area contributed by atoms with E-state index in [0.29, 0.717) is 24.3 Å². The number of nitrogens with zero attached hydrogens (tertiary/aromatic N) is 1. The number of aryl methyl sites for hydroxylation is 1. The van der Waals surface area contributed by atoms with Crippen LogP contribution in [0.25, 0.3) is 0 Å². The van der Waals surface area contributed by atoms with Crippen molar-refractivity contribution in [1.29, 1.82) is 0 Å². The number of hydrogen-bond acceptors (Lipinski definition) is 9. The molecule has 216 valence electrons. The molecular weight excluding hydrogens is 566 g/mol. The van der Waals surface area contributed by atoms with Crippen molar-refractivity contribution in [2.24, 2.45) is 11.3 Å². The average Bonchev–Trinajstić information content (AvgIpc) is 3.44. The van der Waals surface area contributed by atoms with Crippen LogP contribution in [-0.2, 0) is 40.7 Å².